The number of nitrogens with one attached hydrogen (secondary N) is 2. The van der Waals surface area contributed by atoms with Crippen molar-refractivity contribution in [3.63, 3.8) is 0 Å². The maximum atomic E-state index is 13.0. The van der Waals surface area contributed by atoms with Crippen LogP contribution in [0.2, 0.25) is 5.02 Å². The second-order valence-electron chi connectivity index (χ2n) is 5.90. The van der Waals surface area contributed by atoms with Gasteiger partial charge in [0.25, 0.3) is 0 Å². The van der Waals surface area contributed by atoms with Crippen molar-refractivity contribution in [1.29, 1.82) is 0 Å². The third kappa shape index (κ3) is 5.99. The fourth-order valence-corrected chi connectivity index (χ4v) is 3.01. The molecule has 23 heavy (non-hydrogen) atoms. The van der Waals surface area contributed by atoms with E-state index >= 15 is 0 Å². The first-order chi connectivity index (χ1) is 11.1. The number of halogens is 2. The Balaban J connectivity index is 1.88. The number of aliphatic imine (C=N–C) groups is 1. The third-order valence-corrected chi connectivity index (χ3v) is 4.40. The monoisotopic (exact) mass is 341 g/mol. The lowest BCUT2D eigenvalue weighted by Gasteiger charge is -2.27. The van der Waals surface area contributed by atoms with E-state index in [2.05, 4.69) is 15.6 Å². The van der Waals surface area contributed by atoms with E-state index in [9.17, 15) is 9.50 Å². The molecular formula is C17H25ClFN3O. The highest BCUT2D eigenvalue weighted by Crippen LogP contribution is 2.19. The standard InChI is InChI=1S/C17H25ClFN3O/c1-2-20-17(22-14-5-7-15(23)8-6-14)21-10-9-12-3-4-13(19)11-16(12)18/h3-4,11,14-15,23H,2,5-10H2,1H3,(H2,20,21,22). The minimum atomic E-state index is -0.322. The number of aliphatic hydroxyl groups excluding tert-OH is 1. The highest BCUT2D eigenvalue weighted by Gasteiger charge is 2.19. The predicted molar refractivity (Wildman–Crippen MR) is 92.5 cm³/mol. The average molecular weight is 342 g/mol. The lowest BCUT2D eigenvalue weighted by molar-refractivity contribution is 0.120. The van der Waals surface area contributed by atoms with Crippen LogP contribution in [0.5, 0.6) is 0 Å². The van der Waals surface area contributed by atoms with Crippen LogP contribution in [0.4, 0.5) is 4.39 Å². The van der Waals surface area contributed by atoms with Gasteiger partial charge in [-0.25, -0.2) is 4.39 Å². The summed E-state index contributed by atoms with van der Waals surface area (Å²) in [7, 11) is 0. The van der Waals surface area contributed by atoms with Crippen LogP contribution >= 0.6 is 11.6 Å². The summed E-state index contributed by atoms with van der Waals surface area (Å²) in [6.45, 7) is 3.40. The molecule has 4 nitrogen and oxygen atoms in total. The summed E-state index contributed by atoms with van der Waals surface area (Å²) in [6, 6.07) is 4.81. The van der Waals surface area contributed by atoms with Crippen molar-refractivity contribution in [2.75, 3.05) is 13.1 Å². The molecule has 0 aliphatic heterocycles. The highest BCUT2D eigenvalue weighted by atomic mass is 35.5. The fourth-order valence-electron chi connectivity index (χ4n) is 2.75. The van der Waals surface area contributed by atoms with Crippen LogP contribution in [0.25, 0.3) is 0 Å². The minimum Gasteiger partial charge on any atom is -0.393 e. The maximum Gasteiger partial charge on any atom is 0.191 e. The predicted octanol–water partition coefficient (Wildman–Crippen LogP) is 2.88. The molecule has 0 amide bonds. The van der Waals surface area contributed by atoms with Crippen LogP contribution < -0.4 is 10.6 Å². The second kappa shape index (κ2) is 9.08. The van der Waals surface area contributed by atoms with Crippen molar-refractivity contribution in [3.8, 4) is 0 Å². The quantitative estimate of drug-likeness (QED) is 0.570. The average Bonchev–Trinajstić information content (AvgIpc) is 2.52. The Labute approximate surface area is 142 Å². The Morgan fingerprint density at radius 1 is 1.35 bits per heavy atom. The van der Waals surface area contributed by atoms with Crippen LogP contribution in [0, 0.1) is 5.82 Å². The Morgan fingerprint density at radius 2 is 2.09 bits per heavy atom. The van der Waals surface area contributed by atoms with Crippen molar-refractivity contribution < 1.29 is 9.50 Å². The lowest BCUT2D eigenvalue weighted by Crippen LogP contribution is -2.45. The van der Waals surface area contributed by atoms with Crippen LogP contribution in [-0.2, 0) is 6.42 Å². The van der Waals surface area contributed by atoms with Gasteiger partial charge in [0.1, 0.15) is 5.82 Å². The molecule has 0 radical (unpaired) electrons. The van der Waals surface area contributed by atoms with E-state index in [1.54, 1.807) is 6.07 Å². The molecule has 1 aliphatic carbocycles. The summed E-state index contributed by atoms with van der Waals surface area (Å²) in [4.78, 5) is 4.56. The van der Waals surface area contributed by atoms with Gasteiger partial charge in [0.05, 0.1) is 6.10 Å². The lowest BCUT2D eigenvalue weighted by atomic mass is 9.93. The Morgan fingerprint density at radius 3 is 2.74 bits per heavy atom. The van der Waals surface area contributed by atoms with Crippen LogP contribution in [0.3, 0.4) is 0 Å². The molecule has 0 spiro atoms. The molecule has 0 bridgehead atoms. The van der Waals surface area contributed by atoms with Gasteiger partial charge in [0.15, 0.2) is 5.96 Å². The number of rotatable bonds is 5. The highest BCUT2D eigenvalue weighted by molar-refractivity contribution is 6.31. The molecule has 3 N–H and O–H groups in total. The van der Waals surface area contributed by atoms with Crippen LogP contribution in [0.1, 0.15) is 38.2 Å². The zero-order valence-electron chi connectivity index (χ0n) is 13.5. The largest absolute Gasteiger partial charge is 0.393 e. The maximum absolute atomic E-state index is 13.0. The van der Waals surface area contributed by atoms with Gasteiger partial charge >= 0.3 is 0 Å². The molecule has 0 atom stereocenters. The Bertz CT molecular complexity index is 531. The molecule has 1 aromatic carbocycles. The molecule has 0 aromatic heterocycles. The van der Waals surface area contributed by atoms with Crippen LogP contribution in [-0.4, -0.2) is 36.3 Å². The molecular weight excluding hydrogens is 317 g/mol. The summed E-state index contributed by atoms with van der Waals surface area (Å²) in [5, 5.41) is 16.7. The van der Waals surface area contributed by atoms with Gasteiger partial charge in [-0.2, -0.15) is 0 Å². The number of guanidine groups is 1. The first kappa shape index (κ1) is 18.0. The molecule has 128 valence electrons. The van der Waals surface area contributed by atoms with Crippen LogP contribution in [0.15, 0.2) is 23.2 Å². The number of benzene rings is 1. The smallest absolute Gasteiger partial charge is 0.191 e. The van der Waals surface area contributed by atoms with E-state index in [-0.39, 0.29) is 11.9 Å². The van der Waals surface area contributed by atoms with Crippen molar-refractivity contribution in [2.24, 2.45) is 4.99 Å². The molecule has 1 aromatic rings. The van der Waals surface area contributed by atoms with E-state index in [0.717, 1.165) is 43.8 Å². The van der Waals surface area contributed by atoms with Gasteiger partial charge in [-0.1, -0.05) is 17.7 Å². The third-order valence-electron chi connectivity index (χ3n) is 4.05. The molecule has 0 heterocycles. The Hall–Kier alpha value is -1.33. The minimum absolute atomic E-state index is 0.159. The van der Waals surface area contributed by atoms with E-state index < -0.39 is 0 Å². The van der Waals surface area contributed by atoms with Gasteiger partial charge in [0.2, 0.25) is 0 Å². The summed E-state index contributed by atoms with van der Waals surface area (Å²) in [6.07, 6.45) is 4.09. The molecule has 0 unspecified atom stereocenters. The van der Waals surface area contributed by atoms with Gasteiger partial charge < -0.3 is 15.7 Å². The van der Waals surface area contributed by atoms with Gasteiger partial charge in [-0.15, -0.1) is 0 Å². The Kier molecular flexibility index (Phi) is 7.12. The van der Waals surface area contributed by atoms with Gasteiger partial charge in [0, 0.05) is 24.2 Å². The zero-order chi connectivity index (χ0) is 16.7. The topological polar surface area (TPSA) is 56.7 Å². The fraction of sp³-hybridized carbons (Fsp3) is 0.588. The first-order valence-electron chi connectivity index (χ1n) is 8.25. The molecule has 6 heteroatoms. The number of hydrogen-bond donors (Lipinski definition) is 3. The van der Waals surface area contributed by atoms with Gasteiger partial charge in [-0.3, -0.25) is 4.99 Å². The molecule has 1 aliphatic rings. The summed E-state index contributed by atoms with van der Waals surface area (Å²) >= 11 is 6.03. The second-order valence-corrected chi connectivity index (χ2v) is 6.30. The molecule has 1 fully saturated rings. The SMILES string of the molecule is CCNC(=NCCc1ccc(F)cc1Cl)NC1CCC(O)CC1. The van der Waals surface area contributed by atoms with Crippen molar-refractivity contribution >= 4 is 17.6 Å². The van der Waals surface area contributed by atoms with E-state index in [1.807, 2.05) is 6.92 Å². The van der Waals surface area contributed by atoms with Crippen molar-refractivity contribution in [2.45, 2.75) is 51.2 Å². The number of hydrogen-bond acceptors (Lipinski definition) is 2. The summed E-state index contributed by atoms with van der Waals surface area (Å²) < 4.78 is 13.0. The molecule has 0 saturated heterocycles. The zero-order valence-corrected chi connectivity index (χ0v) is 14.2. The van der Waals surface area contributed by atoms with Crippen molar-refractivity contribution in [1.82, 2.24) is 10.6 Å². The normalized spacial score (nSPS) is 22.0. The van der Waals surface area contributed by atoms with Gasteiger partial charge in [-0.05, 0) is 56.7 Å². The van der Waals surface area contributed by atoms with E-state index in [1.165, 1.54) is 12.1 Å². The van der Waals surface area contributed by atoms with E-state index in [0.29, 0.717) is 24.0 Å². The number of aliphatic hydroxyl groups is 1. The van der Waals surface area contributed by atoms with Crippen molar-refractivity contribution in [3.05, 3.63) is 34.6 Å². The number of nitrogens with zero attached hydrogens (tertiary/aromatic N) is 1. The molecule has 2 rings (SSSR count). The first-order valence-corrected chi connectivity index (χ1v) is 8.63. The van der Waals surface area contributed by atoms with E-state index in [4.69, 9.17) is 11.6 Å². The molecule has 1 saturated carbocycles. The summed E-state index contributed by atoms with van der Waals surface area (Å²) in [5.41, 5.74) is 0.897. The summed E-state index contributed by atoms with van der Waals surface area (Å²) in [5.74, 6) is 0.462.